The molecule has 2 aliphatic carbocycles. The molecular weight excluding hydrogens is 212 g/mol. The number of rotatable bonds is 1. The van der Waals surface area contributed by atoms with E-state index < -0.39 is 0 Å². The number of benzene rings is 1. The highest BCUT2D eigenvalue weighted by molar-refractivity contribution is 5.84. The van der Waals surface area contributed by atoms with Crippen LogP contribution in [0.2, 0.25) is 0 Å². The van der Waals surface area contributed by atoms with Crippen LogP contribution in [-0.2, 0) is 0 Å². The monoisotopic (exact) mass is 228 g/mol. The maximum atomic E-state index is 10.3. The summed E-state index contributed by atoms with van der Waals surface area (Å²) in [5.41, 5.74) is 0.759. The molecule has 2 aliphatic rings. The van der Waals surface area contributed by atoms with Crippen LogP contribution in [0.25, 0.3) is 11.0 Å². The van der Waals surface area contributed by atoms with Gasteiger partial charge in [-0.05, 0) is 30.4 Å². The summed E-state index contributed by atoms with van der Waals surface area (Å²) in [6.45, 7) is 0. The molecule has 0 radical (unpaired) electrons. The molecule has 17 heavy (non-hydrogen) atoms. The van der Waals surface area contributed by atoms with E-state index in [0.29, 0.717) is 12.0 Å². The lowest BCUT2D eigenvalue weighted by molar-refractivity contribution is 0.110. The zero-order valence-electron chi connectivity index (χ0n) is 9.76. The zero-order chi connectivity index (χ0) is 11.7. The Bertz CT molecular complexity index is 485. The lowest BCUT2D eigenvalue weighted by Gasteiger charge is -1.81. The van der Waals surface area contributed by atoms with Crippen molar-refractivity contribution in [1.29, 1.82) is 0 Å². The fourth-order valence-corrected chi connectivity index (χ4v) is 2.72. The van der Waals surface area contributed by atoms with Crippen LogP contribution in [0.5, 0.6) is 0 Å². The van der Waals surface area contributed by atoms with E-state index in [0.717, 1.165) is 11.0 Å². The van der Waals surface area contributed by atoms with Crippen molar-refractivity contribution in [2.45, 2.75) is 25.7 Å². The molecule has 2 fully saturated rings. The molecule has 2 aromatic rings. The van der Waals surface area contributed by atoms with E-state index in [1.165, 1.54) is 18.3 Å². The van der Waals surface area contributed by atoms with Crippen molar-refractivity contribution in [3.05, 3.63) is 36.1 Å². The van der Waals surface area contributed by atoms with E-state index in [4.69, 9.17) is 4.42 Å². The van der Waals surface area contributed by atoms with Crippen LogP contribution in [-0.4, -0.2) is 6.29 Å². The summed E-state index contributed by atoms with van der Waals surface area (Å²) in [6, 6.07) is 9.25. The van der Waals surface area contributed by atoms with Crippen molar-refractivity contribution in [3.8, 4) is 0 Å². The van der Waals surface area contributed by atoms with Crippen molar-refractivity contribution in [3.63, 3.8) is 0 Å². The molecule has 88 valence electrons. The van der Waals surface area contributed by atoms with E-state index in [-0.39, 0.29) is 0 Å². The number of fused-ring (bicyclic) bond motifs is 2. The molecule has 1 aromatic heterocycles. The third kappa shape index (κ3) is 2.26. The lowest BCUT2D eigenvalue weighted by Crippen LogP contribution is -1.65. The van der Waals surface area contributed by atoms with E-state index in [9.17, 15) is 4.79 Å². The minimum Gasteiger partial charge on any atom is -0.453 e. The highest BCUT2D eigenvalue weighted by atomic mass is 16.3. The molecule has 0 bridgehead atoms. The van der Waals surface area contributed by atoms with Gasteiger partial charge in [-0.1, -0.05) is 37.5 Å². The van der Waals surface area contributed by atoms with Gasteiger partial charge in [0.1, 0.15) is 5.58 Å². The number of carbonyl (C=O) groups is 1. The van der Waals surface area contributed by atoms with E-state index >= 15 is 0 Å². The first kappa shape index (κ1) is 10.6. The molecule has 2 atom stereocenters. The summed E-state index contributed by atoms with van der Waals surface area (Å²) in [4.78, 5) is 10.3. The van der Waals surface area contributed by atoms with Gasteiger partial charge in [0.05, 0.1) is 0 Å². The molecule has 1 aromatic carbocycles. The predicted molar refractivity (Wildman–Crippen MR) is 67.0 cm³/mol. The molecule has 2 saturated carbocycles. The van der Waals surface area contributed by atoms with Crippen molar-refractivity contribution >= 4 is 17.3 Å². The van der Waals surface area contributed by atoms with E-state index in [2.05, 4.69) is 0 Å². The van der Waals surface area contributed by atoms with Crippen molar-refractivity contribution in [1.82, 2.24) is 0 Å². The molecule has 0 spiro atoms. The van der Waals surface area contributed by atoms with Crippen molar-refractivity contribution in [2.75, 3.05) is 0 Å². The van der Waals surface area contributed by atoms with Gasteiger partial charge in [-0.25, -0.2) is 0 Å². The Kier molecular flexibility index (Phi) is 2.71. The molecule has 2 nitrogen and oxygen atoms in total. The first-order chi connectivity index (χ1) is 8.36. The van der Waals surface area contributed by atoms with Crippen LogP contribution >= 0.6 is 0 Å². The molecule has 0 N–H and O–H groups in total. The van der Waals surface area contributed by atoms with Gasteiger partial charge in [-0.15, -0.1) is 0 Å². The van der Waals surface area contributed by atoms with Crippen LogP contribution < -0.4 is 0 Å². The third-order valence-corrected chi connectivity index (χ3v) is 3.78. The second-order valence-electron chi connectivity index (χ2n) is 4.99. The summed E-state index contributed by atoms with van der Waals surface area (Å²) in [5, 5.41) is 0.967. The van der Waals surface area contributed by atoms with Crippen LogP contribution in [0, 0.1) is 11.8 Å². The van der Waals surface area contributed by atoms with Gasteiger partial charge < -0.3 is 4.42 Å². The van der Waals surface area contributed by atoms with E-state index in [1.807, 2.05) is 24.3 Å². The quantitative estimate of drug-likeness (QED) is 0.689. The van der Waals surface area contributed by atoms with Gasteiger partial charge in [0.2, 0.25) is 0 Å². The molecule has 1 heterocycles. The van der Waals surface area contributed by atoms with Crippen molar-refractivity contribution in [2.24, 2.45) is 11.8 Å². The van der Waals surface area contributed by atoms with Gasteiger partial charge >= 0.3 is 0 Å². The maximum absolute atomic E-state index is 10.3. The average molecular weight is 228 g/mol. The number of hydrogen-bond donors (Lipinski definition) is 0. The van der Waals surface area contributed by atoms with Gasteiger partial charge in [0, 0.05) is 5.39 Å². The zero-order valence-corrected chi connectivity index (χ0v) is 9.76. The average Bonchev–Trinajstić information content (AvgIpc) is 2.81. The number of hydrogen-bond acceptors (Lipinski definition) is 2. The van der Waals surface area contributed by atoms with Gasteiger partial charge in [0.25, 0.3) is 0 Å². The first-order valence-electron chi connectivity index (χ1n) is 6.30. The Morgan fingerprint density at radius 3 is 2.47 bits per heavy atom. The molecule has 2 heteroatoms. The SMILES string of the molecule is C1CC2CC2C1.O=Cc1cc2ccccc2o1. The Labute approximate surface area is 101 Å². The Morgan fingerprint density at radius 2 is 1.94 bits per heavy atom. The highest BCUT2D eigenvalue weighted by Crippen LogP contribution is 2.51. The number of aldehydes is 1. The molecule has 0 saturated heterocycles. The van der Waals surface area contributed by atoms with Crippen LogP contribution in [0.1, 0.15) is 36.2 Å². The minimum absolute atomic E-state index is 0.381. The molecule has 0 aliphatic heterocycles. The van der Waals surface area contributed by atoms with Crippen LogP contribution in [0.15, 0.2) is 34.7 Å². The van der Waals surface area contributed by atoms with Gasteiger partial charge in [-0.2, -0.15) is 0 Å². The Morgan fingerprint density at radius 1 is 1.18 bits per heavy atom. The second kappa shape index (κ2) is 4.36. The largest absolute Gasteiger partial charge is 0.453 e. The maximum Gasteiger partial charge on any atom is 0.185 e. The molecule has 2 unspecified atom stereocenters. The van der Waals surface area contributed by atoms with E-state index in [1.54, 1.807) is 25.3 Å². The van der Waals surface area contributed by atoms with Crippen molar-refractivity contribution < 1.29 is 9.21 Å². The topological polar surface area (TPSA) is 30.2 Å². The smallest absolute Gasteiger partial charge is 0.185 e. The highest BCUT2D eigenvalue weighted by Gasteiger charge is 2.40. The standard InChI is InChI=1S/C9H6O2.C6H10/c10-6-8-5-7-3-1-2-4-9(7)11-8;1-2-5-4-6(5)3-1/h1-6H;5-6H,1-4H2. The first-order valence-corrected chi connectivity index (χ1v) is 6.30. The van der Waals surface area contributed by atoms with Crippen LogP contribution in [0.4, 0.5) is 0 Å². The fourth-order valence-electron chi connectivity index (χ4n) is 2.72. The van der Waals surface area contributed by atoms with Gasteiger partial charge in [0.15, 0.2) is 12.0 Å². The molecule has 4 rings (SSSR count). The molecule has 0 amide bonds. The number of para-hydroxylation sites is 1. The normalized spacial score (nSPS) is 24.9. The minimum atomic E-state index is 0.381. The third-order valence-electron chi connectivity index (χ3n) is 3.78. The Hall–Kier alpha value is -1.57. The number of furan rings is 1. The fraction of sp³-hybridized carbons (Fsp3) is 0.400. The second-order valence-corrected chi connectivity index (χ2v) is 4.99. The molecular formula is C15H16O2. The summed E-state index contributed by atoms with van der Waals surface area (Å²) in [5.74, 6) is 2.81. The summed E-state index contributed by atoms with van der Waals surface area (Å²) in [6.07, 6.45) is 6.95. The summed E-state index contributed by atoms with van der Waals surface area (Å²) >= 11 is 0. The van der Waals surface area contributed by atoms with Crippen LogP contribution in [0.3, 0.4) is 0 Å². The summed E-state index contributed by atoms with van der Waals surface area (Å²) in [7, 11) is 0. The Balaban J connectivity index is 0.000000125. The lowest BCUT2D eigenvalue weighted by atomic mass is 10.2. The predicted octanol–water partition coefficient (Wildman–Crippen LogP) is 4.05. The number of carbonyl (C=O) groups excluding carboxylic acids is 1. The summed E-state index contributed by atoms with van der Waals surface area (Å²) < 4.78 is 5.15. The van der Waals surface area contributed by atoms with Gasteiger partial charge in [-0.3, -0.25) is 4.79 Å².